The molecule has 0 aliphatic carbocycles. The minimum atomic E-state index is -0.613. The van der Waals surface area contributed by atoms with Gasteiger partial charge >= 0.3 is 0 Å². The molecule has 0 unspecified atom stereocenters. The lowest BCUT2D eigenvalue weighted by Gasteiger charge is -2.26. The van der Waals surface area contributed by atoms with Crippen LogP contribution in [0.2, 0.25) is 5.02 Å². The van der Waals surface area contributed by atoms with Crippen molar-refractivity contribution < 1.29 is 14.3 Å². The molecule has 2 amide bonds. The maximum Gasteiger partial charge on any atom is 0.262 e. The molecule has 1 aromatic heterocycles. The molecule has 1 aromatic carbocycles. The molecule has 2 aliphatic rings. The van der Waals surface area contributed by atoms with Crippen LogP contribution in [0.4, 0.5) is 11.6 Å². The molecule has 0 spiro atoms. The average Bonchev–Trinajstić information content (AvgIpc) is 2.73. The maximum absolute atomic E-state index is 13.0. The molecule has 2 N–H and O–H groups in total. The molecule has 2 aromatic rings. The summed E-state index contributed by atoms with van der Waals surface area (Å²) in [6.45, 7) is 1.53. The zero-order chi connectivity index (χ0) is 21.3. The second-order valence-corrected chi connectivity index (χ2v) is 7.53. The number of halogens is 1. The highest BCUT2D eigenvalue weighted by atomic mass is 35.5. The third-order valence-electron chi connectivity index (χ3n) is 5.09. The van der Waals surface area contributed by atoms with Crippen LogP contribution in [-0.2, 0) is 9.59 Å². The van der Waals surface area contributed by atoms with E-state index >= 15 is 0 Å². The predicted molar refractivity (Wildman–Crippen MR) is 111 cm³/mol. The van der Waals surface area contributed by atoms with Gasteiger partial charge in [-0.15, -0.1) is 0 Å². The standard InChI is InChI=1S/C20H20ClN5O4/c1-30-14-6-5-11(21)9-13(14)22-18(28)12-10-15(27)23-17-16(12)19(29)25-20(24-17)26-7-3-2-4-8-26/h5-6,9H,2-4,7-8,10H2,1H3,(H,22,28)(H,23,24,25,27,29). The first-order valence-corrected chi connectivity index (χ1v) is 9.99. The maximum atomic E-state index is 13.0. The van der Waals surface area contributed by atoms with Crippen LogP contribution in [0.5, 0.6) is 5.75 Å². The Balaban J connectivity index is 1.78. The summed E-state index contributed by atoms with van der Waals surface area (Å²) < 4.78 is 5.23. The number of benzene rings is 1. The van der Waals surface area contributed by atoms with Gasteiger partial charge in [-0.25, -0.2) is 0 Å². The Hall–Kier alpha value is -3.20. The summed E-state index contributed by atoms with van der Waals surface area (Å²) in [6, 6.07) is 4.76. The van der Waals surface area contributed by atoms with Crippen molar-refractivity contribution in [3.8, 4) is 5.75 Å². The average molecular weight is 430 g/mol. The van der Waals surface area contributed by atoms with Crippen LogP contribution in [0.15, 0.2) is 28.0 Å². The number of H-pyrrole nitrogens is 1. The van der Waals surface area contributed by atoms with Crippen molar-refractivity contribution >= 4 is 40.6 Å². The SMILES string of the molecule is COc1ccc(Cl)cc1NC(=O)C1=c2c(nc(N3CCCCC3)[nH]c2=O)=NC(=O)C1. The largest absolute Gasteiger partial charge is 0.495 e. The van der Waals surface area contributed by atoms with Crippen LogP contribution in [0.25, 0.3) is 5.57 Å². The van der Waals surface area contributed by atoms with Crippen LogP contribution >= 0.6 is 11.6 Å². The van der Waals surface area contributed by atoms with Crippen LogP contribution < -0.4 is 31.2 Å². The minimum absolute atomic E-state index is 0.00553. The van der Waals surface area contributed by atoms with E-state index in [9.17, 15) is 14.4 Å². The molecule has 0 radical (unpaired) electrons. The van der Waals surface area contributed by atoms with Crippen molar-refractivity contribution in [3.05, 3.63) is 44.3 Å². The molecule has 4 rings (SSSR count). The lowest BCUT2D eigenvalue weighted by Crippen LogP contribution is -2.50. The number of fused-ring (bicyclic) bond motifs is 1. The Bertz CT molecular complexity index is 1200. The van der Waals surface area contributed by atoms with Crippen LogP contribution in [-0.4, -0.2) is 42.0 Å². The van der Waals surface area contributed by atoms with E-state index in [-0.39, 0.29) is 22.7 Å². The first kappa shape index (κ1) is 20.1. The molecule has 1 fully saturated rings. The smallest absolute Gasteiger partial charge is 0.262 e. The van der Waals surface area contributed by atoms with Gasteiger partial charge in [-0.1, -0.05) is 11.6 Å². The number of aromatic amines is 1. The zero-order valence-electron chi connectivity index (χ0n) is 16.3. The van der Waals surface area contributed by atoms with E-state index in [0.29, 0.717) is 22.4 Å². The molecule has 2 aliphatic heterocycles. The summed E-state index contributed by atoms with van der Waals surface area (Å²) >= 11 is 6.01. The third-order valence-corrected chi connectivity index (χ3v) is 5.32. The van der Waals surface area contributed by atoms with Crippen molar-refractivity contribution in [2.24, 2.45) is 4.99 Å². The van der Waals surface area contributed by atoms with Gasteiger partial charge in [0, 0.05) is 23.7 Å². The number of methoxy groups -OCH3 is 1. The molecule has 10 heteroatoms. The Labute approximate surface area is 176 Å². The van der Waals surface area contributed by atoms with Crippen LogP contribution in [0.3, 0.4) is 0 Å². The number of amides is 2. The van der Waals surface area contributed by atoms with Gasteiger partial charge in [-0.2, -0.15) is 9.98 Å². The monoisotopic (exact) mass is 429 g/mol. The Kier molecular flexibility index (Phi) is 5.54. The van der Waals surface area contributed by atoms with E-state index in [2.05, 4.69) is 20.3 Å². The number of rotatable bonds is 4. The second-order valence-electron chi connectivity index (χ2n) is 7.10. The summed E-state index contributed by atoms with van der Waals surface area (Å²) in [4.78, 5) is 51.0. The van der Waals surface area contributed by atoms with E-state index in [1.807, 2.05) is 4.90 Å². The molecule has 0 bridgehead atoms. The van der Waals surface area contributed by atoms with E-state index in [0.717, 1.165) is 32.4 Å². The Morgan fingerprint density at radius 1 is 1.23 bits per heavy atom. The lowest BCUT2D eigenvalue weighted by atomic mass is 10.1. The number of hydrogen-bond donors (Lipinski definition) is 2. The van der Waals surface area contributed by atoms with E-state index in [4.69, 9.17) is 16.3 Å². The lowest BCUT2D eigenvalue weighted by molar-refractivity contribution is -0.118. The number of carbonyl (C=O) groups is 2. The topological polar surface area (TPSA) is 117 Å². The Morgan fingerprint density at radius 3 is 2.73 bits per heavy atom. The molecular weight excluding hydrogens is 410 g/mol. The molecular formula is C20H20ClN5O4. The summed E-state index contributed by atoms with van der Waals surface area (Å²) in [7, 11) is 1.46. The molecule has 156 valence electrons. The van der Waals surface area contributed by atoms with Gasteiger partial charge in [0.1, 0.15) is 5.75 Å². The fraction of sp³-hybridized carbons (Fsp3) is 0.350. The molecule has 30 heavy (non-hydrogen) atoms. The van der Waals surface area contributed by atoms with Crippen LogP contribution in [0.1, 0.15) is 25.7 Å². The van der Waals surface area contributed by atoms with Gasteiger partial charge in [0.15, 0.2) is 5.49 Å². The van der Waals surface area contributed by atoms with Crippen molar-refractivity contribution in [1.29, 1.82) is 0 Å². The molecule has 0 atom stereocenters. The molecule has 1 saturated heterocycles. The minimum Gasteiger partial charge on any atom is -0.495 e. The summed E-state index contributed by atoms with van der Waals surface area (Å²) in [5.41, 5.74) is -0.196. The van der Waals surface area contributed by atoms with E-state index < -0.39 is 17.4 Å². The van der Waals surface area contributed by atoms with Crippen molar-refractivity contribution in [2.75, 3.05) is 30.4 Å². The quantitative estimate of drug-likeness (QED) is 0.741. The number of hydrogen-bond acceptors (Lipinski definition) is 6. The summed E-state index contributed by atoms with van der Waals surface area (Å²) in [5.74, 6) is -0.382. The summed E-state index contributed by atoms with van der Waals surface area (Å²) in [6.07, 6.45) is 2.82. The third kappa shape index (κ3) is 3.93. The summed E-state index contributed by atoms with van der Waals surface area (Å²) in [5, 5.41) is 3.08. The first-order chi connectivity index (χ1) is 14.5. The number of aromatic nitrogens is 2. The second kappa shape index (κ2) is 8.27. The Morgan fingerprint density at radius 2 is 2.00 bits per heavy atom. The van der Waals surface area contributed by atoms with E-state index in [1.54, 1.807) is 12.1 Å². The van der Waals surface area contributed by atoms with Crippen molar-refractivity contribution in [1.82, 2.24) is 9.97 Å². The number of piperidine rings is 1. The van der Waals surface area contributed by atoms with Gasteiger partial charge in [0.25, 0.3) is 17.4 Å². The highest BCUT2D eigenvalue weighted by Crippen LogP contribution is 2.28. The first-order valence-electron chi connectivity index (χ1n) is 9.61. The zero-order valence-corrected chi connectivity index (χ0v) is 17.1. The van der Waals surface area contributed by atoms with Gasteiger partial charge in [-0.3, -0.25) is 19.4 Å². The number of anilines is 2. The number of nitrogens with zero attached hydrogens (tertiary/aromatic N) is 3. The number of carbonyl (C=O) groups excluding carboxylic acids is 2. The van der Waals surface area contributed by atoms with E-state index in [1.165, 1.54) is 13.2 Å². The fourth-order valence-corrected chi connectivity index (χ4v) is 3.80. The van der Waals surface area contributed by atoms with Gasteiger partial charge in [0.05, 0.1) is 24.4 Å². The van der Waals surface area contributed by atoms with Crippen molar-refractivity contribution in [2.45, 2.75) is 25.7 Å². The predicted octanol–water partition coefficient (Wildman–Crippen LogP) is 0.761. The number of ether oxygens (including phenoxy) is 1. The number of nitrogens with one attached hydrogen (secondary N) is 2. The molecule has 0 saturated carbocycles. The highest BCUT2D eigenvalue weighted by molar-refractivity contribution is 6.31. The van der Waals surface area contributed by atoms with Crippen molar-refractivity contribution in [3.63, 3.8) is 0 Å². The van der Waals surface area contributed by atoms with Gasteiger partial charge < -0.3 is 15.0 Å². The van der Waals surface area contributed by atoms with Crippen LogP contribution in [0, 0.1) is 0 Å². The highest BCUT2D eigenvalue weighted by Gasteiger charge is 2.24. The molecule has 3 heterocycles. The van der Waals surface area contributed by atoms with Gasteiger partial charge in [0.2, 0.25) is 5.95 Å². The fourth-order valence-electron chi connectivity index (χ4n) is 3.62. The van der Waals surface area contributed by atoms with Gasteiger partial charge in [-0.05, 0) is 37.5 Å². The normalized spacial score (nSPS) is 16.0. The molecule has 9 nitrogen and oxygen atoms in total.